The summed E-state index contributed by atoms with van der Waals surface area (Å²) >= 11 is 7.98. The van der Waals surface area contributed by atoms with Crippen molar-refractivity contribution in [1.82, 2.24) is 0 Å². The summed E-state index contributed by atoms with van der Waals surface area (Å²) in [7, 11) is 1.59. The first kappa shape index (κ1) is 20.3. The number of ether oxygens (including phenoxy) is 1. The highest BCUT2D eigenvalue weighted by Gasteiger charge is 2.29. The minimum Gasteiger partial charge on any atom is -0.497 e. The number of halogens is 1. The van der Waals surface area contributed by atoms with Crippen LogP contribution < -0.4 is 15.8 Å². The molecule has 146 valence electrons. The smallest absolute Gasteiger partial charge is 0.249 e. The number of hydrogen-bond donors (Lipinski definition) is 2. The van der Waals surface area contributed by atoms with Crippen LogP contribution in [0, 0.1) is 0 Å². The van der Waals surface area contributed by atoms with Crippen LogP contribution in [0.5, 0.6) is 5.75 Å². The standard InChI is InChI=1S/C21H22ClN3O2S/c1-21(10-11-28-20(23)25-21)15-5-3-4-14(12-15)18(22)13-19(26)24-16-6-8-17(27-2)9-7-16/h3-9,12-13H,10-11H2,1-2H3,(H2,23,25)(H,24,26)/b18-13-. The Morgan fingerprint density at radius 2 is 2.07 bits per heavy atom. The van der Waals surface area contributed by atoms with Crippen molar-refractivity contribution in [2.45, 2.75) is 18.9 Å². The zero-order valence-electron chi connectivity index (χ0n) is 15.7. The lowest BCUT2D eigenvalue weighted by molar-refractivity contribution is -0.111. The number of benzene rings is 2. The van der Waals surface area contributed by atoms with Crippen LogP contribution >= 0.6 is 23.4 Å². The molecule has 2 aromatic carbocycles. The number of carbonyl (C=O) groups is 1. The van der Waals surface area contributed by atoms with Crippen molar-refractivity contribution < 1.29 is 9.53 Å². The minimum atomic E-state index is -0.381. The number of methoxy groups -OCH3 is 1. The fraction of sp³-hybridized carbons (Fsp3) is 0.238. The molecule has 0 bridgehead atoms. The number of thioether (sulfide) groups is 1. The molecule has 5 nitrogen and oxygen atoms in total. The highest BCUT2D eigenvalue weighted by Crippen LogP contribution is 2.36. The first-order valence-corrected chi connectivity index (χ1v) is 10.2. The molecule has 0 aromatic heterocycles. The van der Waals surface area contributed by atoms with E-state index in [9.17, 15) is 4.79 Å². The van der Waals surface area contributed by atoms with Crippen molar-refractivity contribution >= 4 is 45.2 Å². The van der Waals surface area contributed by atoms with Crippen molar-refractivity contribution in [1.29, 1.82) is 0 Å². The van der Waals surface area contributed by atoms with Crippen LogP contribution in [-0.4, -0.2) is 23.9 Å². The fourth-order valence-electron chi connectivity index (χ4n) is 2.95. The van der Waals surface area contributed by atoms with E-state index < -0.39 is 0 Å². The summed E-state index contributed by atoms with van der Waals surface area (Å²) in [4.78, 5) is 16.9. The summed E-state index contributed by atoms with van der Waals surface area (Å²) in [5, 5.41) is 3.75. The number of aliphatic imine (C=N–C) groups is 1. The number of amidine groups is 1. The Balaban J connectivity index is 1.77. The molecule has 1 amide bonds. The van der Waals surface area contributed by atoms with Crippen LogP contribution in [0.15, 0.2) is 59.6 Å². The van der Waals surface area contributed by atoms with Gasteiger partial charge in [0.15, 0.2) is 5.17 Å². The van der Waals surface area contributed by atoms with Gasteiger partial charge in [0, 0.05) is 17.5 Å². The molecule has 2 aromatic rings. The van der Waals surface area contributed by atoms with E-state index in [1.807, 2.05) is 24.3 Å². The average Bonchev–Trinajstić information content (AvgIpc) is 2.68. The average molecular weight is 416 g/mol. The summed E-state index contributed by atoms with van der Waals surface area (Å²) in [6.45, 7) is 2.06. The predicted octanol–water partition coefficient (Wildman–Crippen LogP) is 4.58. The normalized spacial score (nSPS) is 19.7. The van der Waals surface area contributed by atoms with Crippen LogP contribution in [0.2, 0.25) is 0 Å². The van der Waals surface area contributed by atoms with E-state index in [1.165, 1.54) is 6.08 Å². The highest BCUT2D eigenvalue weighted by molar-refractivity contribution is 8.13. The van der Waals surface area contributed by atoms with Gasteiger partial charge in [-0.05, 0) is 54.8 Å². The second-order valence-electron chi connectivity index (χ2n) is 6.61. The maximum Gasteiger partial charge on any atom is 0.249 e. The van der Waals surface area contributed by atoms with E-state index in [0.29, 0.717) is 15.9 Å². The van der Waals surface area contributed by atoms with Gasteiger partial charge in [0.05, 0.1) is 17.7 Å². The van der Waals surface area contributed by atoms with E-state index in [0.717, 1.165) is 29.1 Å². The molecule has 0 aliphatic carbocycles. The van der Waals surface area contributed by atoms with Gasteiger partial charge in [0.2, 0.25) is 5.91 Å². The van der Waals surface area contributed by atoms with Crippen LogP contribution in [0.25, 0.3) is 5.03 Å². The first-order chi connectivity index (χ1) is 13.4. The molecule has 1 aliphatic heterocycles. The number of carbonyl (C=O) groups excluding carboxylic acids is 1. The number of hydrogen-bond acceptors (Lipinski definition) is 5. The molecule has 1 unspecified atom stereocenters. The van der Waals surface area contributed by atoms with Gasteiger partial charge in [-0.2, -0.15) is 0 Å². The molecular weight excluding hydrogens is 394 g/mol. The van der Waals surface area contributed by atoms with Gasteiger partial charge in [-0.15, -0.1) is 0 Å². The Kier molecular flexibility index (Phi) is 6.31. The Morgan fingerprint density at radius 3 is 2.75 bits per heavy atom. The summed E-state index contributed by atoms with van der Waals surface area (Å²) in [5.74, 6) is 1.34. The number of amides is 1. The lowest BCUT2D eigenvalue weighted by atomic mass is 9.89. The topological polar surface area (TPSA) is 76.7 Å². The molecule has 1 atom stereocenters. The number of nitrogens with two attached hydrogens (primary N) is 1. The van der Waals surface area contributed by atoms with Gasteiger partial charge >= 0.3 is 0 Å². The highest BCUT2D eigenvalue weighted by atomic mass is 35.5. The second-order valence-corrected chi connectivity index (χ2v) is 8.14. The number of nitrogens with one attached hydrogen (secondary N) is 1. The number of rotatable bonds is 5. The van der Waals surface area contributed by atoms with Gasteiger partial charge in [0.1, 0.15) is 5.75 Å². The summed E-state index contributed by atoms with van der Waals surface area (Å²) in [6.07, 6.45) is 2.27. The monoisotopic (exact) mass is 415 g/mol. The van der Waals surface area contributed by atoms with Crippen molar-refractivity contribution in [2.75, 3.05) is 18.2 Å². The molecule has 0 saturated carbocycles. The van der Waals surface area contributed by atoms with E-state index in [1.54, 1.807) is 43.1 Å². The Morgan fingerprint density at radius 1 is 1.32 bits per heavy atom. The van der Waals surface area contributed by atoms with Gasteiger partial charge in [-0.1, -0.05) is 41.6 Å². The SMILES string of the molecule is COc1ccc(NC(=O)/C=C(\Cl)c2cccc(C3(C)CCSC(N)=N3)c2)cc1. The molecule has 1 heterocycles. The molecule has 7 heteroatoms. The third-order valence-electron chi connectivity index (χ3n) is 4.57. The second kappa shape index (κ2) is 8.71. The largest absolute Gasteiger partial charge is 0.497 e. The first-order valence-electron chi connectivity index (χ1n) is 8.81. The lowest BCUT2D eigenvalue weighted by Crippen LogP contribution is -2.28. The van der Waals surface area contributed by atoms with Crippen LogP contribution in [0.1, 0.15) is 24.5 Å². The third-order valence-corrected chi connectivity index (χ3v) is 5.69. The molecule has 0 radical (unpaired) electrons. The van der Waals surface area contributed by atoms with Crippen LogP contribution in [0.3, 0.4) is 0 Å². The maximum absolute atomic E-state index is 12.3. The zero-order chi connectivity index (χ0) is 20.1. The minimum absolute atomic E-state index is 0.303. The predicted molar refractivity (Wildman–Crippen MR) is 118 cm³/mol. The molecule has 1 aliphatic rings. The summed E-state index contributed by atoms with van der Waals surface area (Å²) < 4.78 is 5.11. The summed E-state index contributed by atoms with van der Waals surface area (Å²) in [6, 6.07) is 14.9. The lowest BCUT2D eigenvalue weighted by Gasteiger charge is -2.30. The maximum atomic E-state index is 12.3. The van der Waals surface area contributed by atoms with Gasteiger partial charge in [0.25, 0.3) is 0 Å². The Hall–Kier alpha value is -2.44. The van der Waals surface area contributed by atoms with E-state index in [4.69, 9.17) is 22.1 Å². The van der Waals surface area contributed by atoms with E-state index >= 15 is 0 Å². The molecule has 3 N–H and O–H groups in total. The number of anilines is 1. The van der Waals surface area contributed by atoms with Gasteiger partial charge < -0.3 is 15.8 Å². The summed E-state index contributed by atoms with van der Waals surface area (Å²) in [5.41, 5.74) is 7.99. The van der Waals surface area contributed by atoms with Crippen LogP contribution in [-0.2, 0) is 10.3 Å². The van der Waals surface area contributed by atoms with Crippen molar-refractivity contribution in [2.24, 2.45) is 10.7 Å². The quantitative estimate of drug-likeness (QED) is 0.700. The fourth-order valence-corrected chi connectivity index (χ4v) is 4.14. The van der Waals surface area contributed by atoms with Crippen molar-refractivity contribution in [3.63, 3.8) is 0 Å². The van der Waals surface area contributed by atoms with E-state index in [2.05, 4.69) is 17.2 Å². The molecular formula is C21H22ClN3O2S. The zero-order valence-corrected chi connectivity index (χ0v) is 17.3. The third kappa shape index (κ3) is 4.88. The molecule has 3 rings (SSSR count). The molecule has 28 heavy (non-hydrogen) atoms. The molecule has 0 spiro atoms. The molecule has 0 saturated heterocycles. The molecule has 0 fully saturated rings. The number of nitrogens with zero attached hydrogens (tertiary/aromatic N) is 1. The van der Waals surface area contributed by atoms with E-state index in [-0.39, 0.29) is 11.4 Å². The Bertz CT molecular complexity index is 928. The van der Waals surface area contributed by atoms with Gasteiger partial charge in [-0.3, -0.25) is 9.79 Å². The van der Waals surface area contributed by atoms with Gasteiger partial charge in [-0.25, -0.2) is 0 Å². The van der Waals surface area contributed by atoms with Crippen molar-refractivity contribution in [3.05, 3.63) is 65.7 Å². The van der Waals surface area contributed by atoms with Crippen LogP contribution in [0.4, 0.5) is 5.69 Å². The Labute approximate surface area is 174 Å². The van der Waals surface area contributed by atoms with Crippen molar-refractivity contribution in [3.8, 4) is 5.75 Å².